The monoisotopic (exact) mass is 1020 g/mol. The number of hydrogen-bond acceptors (Lipinski definition) is 14. The first-order valence-electron chi connectivity index (χ1n) is 25.6. The van der Waals surface area contributed by atoms with Crippen molar-refractivity contribution in [2.45, 2.75) is 186 Å². The summed E-state index contributed by atoms with van der Waals surface area (Å²) in [6.45, 7) is 5.06. The second-order valence-electron chi connectivity index (χ2n) is 18.1. The van der Waals surface area contributed by atoms with Crippen LogP contribution in [0.5, 0.6) is 0 Å². The van der Waals surface area contributed by atoms with E-state index < -0.39 is 72.3 Å². The molecule has 0 aromatic rings. The molecule has 0 saturated heterocycles. The van der Waals surface area contributed by atoms with Crippen molar-refractivity contribution in [1.29, 1.82) is 0 Å². The standard InChI is InChI=1S/C50H85N3O18/c1-37(2)43(56)35-70-32-31-69-29-27-51-46(59)36-71-33-30-68-28-17-18-39(54)22-24-41(49(64)65)53-45(58)26-21-38(48(62)63)34-40(55)23-25-42(50(66)67)52-44(57)19-15-13-11-9-7-5-3-4-6-8-10-12-14-16-20-47(60)61/h37-38,41-42H,3-36H2,1-2H3,(H,51,59)(H,52,57)(H,53,58)(H,60,61)(H,62,63)(H,64,65)(H,66,67)/t38-,41+,42+/m1/s1. The fraction of sp³-hybridized carbons (Fsp3) is 0.800. The van der Waals surface area contributed by atoms with E-state index in [1.807, 2.05) is 0 Å². The zero-order valence-electron chi connectivity index (χ0n) is 42.4. The van der Waals surface area contributed by atoms with Crippen LogP contribution < -0.4 is 16.0 Å². The van der Waals surface area contributed by atoms with Crippen LogP contribution in [-0.4, -0.2) is 151 Å². The van der Waals surface area contributed by atoms with Crippen molar-refractivity contribution >= 4 is 58.9 Å². The number of hydrogen-bond donors (Lipinski definition) is 7. The minimum atomic E-state index is -1.41. The van der Waals surface area contributed by atoms with Gasteiger partial charge < -0.3 is 55.3 Å². The van der Waals surface area contributed by atoms with Gasteiger partial charge in [-0.2, -0.15) is 0 Å². The molecule has 0 radical (unpaired) electrons. The molecule has 71 heavy (non-hydrogen) atoms. The van der Waals surface area contributed by atoms with Crippen LogP contribution in [0.3, 0.4) is 0 Å². The van der Waals surface area contributed by atoms with E-state index in [-0.39, 0.29) is 134 Å². The van der Waals surface area contributed by atoms with Gasteiger partial charge in [0.25, 0.3) is 0 Å². The number of nitrogens with one attached hydrogen (secondary N) is 3. The average molecular weight is 1020 g/mol. The van der Waals surface area contributed by atoms with Gasteiger partial charge in [0.15, 0.2) is 5.78 Å². The maximum absolute atomic E-state index is 12.7. The number of Topliss-reactive ketones (excluding diaryl/α,β-unsaturated/α-hetero) is 3. The van der Waals surface area contributed by atoms with E-state index in [1.165, 1.54) is 25.7 Å². The smallest absolute Gasteiger partial charge is 0.326 e. The molecule has 0 heterocycles. The lowest BCUT2D eigenvalue weighted by Crippen LogP contribution is -2.41. The highest BCUT2D eigenvalue weighted by atomic mass is 16.5. The molecular formula is C50H85N3O18. The average Bonchev–Trinajstić information content (AvgIpc) is 3.31. The molecule has 21 nitrogen and oxygen atoms in total. The molecule has 3 atom stereocenters. The van der Waals surface area contributed by atoms with E-state index in [2.05, 4.69) is 16.0 Å². The minimum absolute atomic E-state index is 0.0126. The van der Waals surface area contributed by atoms with E-state index >= 15 is 0 Å². The highest BCUT2D eigenvalue weighted by Crippen LogP contribution is 2.17. The summed E-state index contributed by atoms with van der Waals surface area (Å²) in [7, 11) is 0. The van der Waals surface area contributed by atoms with E-state index in [1.54, 1.807) is 13.8 Å². The lowest BCUT2D eigenvalue weighted by Gasteiger charge is -2.17. The number of rotatable bonds is 51. The number of carboxylic acid groups (broad SMARTS) is 4. The summed E-state index contributed by atoms with van der Waals surface area (Å²) in [4.78, 5) is 120. The zero-order chi connectivity index (χ0) is 53.1. The van der Waals surface area contributed by atoms with Crippen molar-refractivity contribution in [2.75, 3.05) is 59.4 Å². The van der Waals surface area contributed by atoms with Gasteiger partial charge in [-0.1, -0.05) is 90.9 Å². The minimum Gasteiger partial charge on any atom is -0.481 e. The summed E-state index contributed by atoms with van der Waals surface area (Å²) >= 11 is 0. The molecule has 0 aromatic carbocycles. The fourth-order valence-electron chi connectivity index (χ4n) is 7.09. The summed E-state index contributed by atoms with van der Waals surface area (Å²) in [5, 5.41) is 45.0. The van der Waals surface area contributed by atoms with Crippen LogP contribution in [0, 0.1) is 11.8 Å². The van der Waals surface area contributed by atoms with Crippen molar-refractivity contribution < 1.29 is 87.3 Å². The molecule has 21 heteroatoms. The van der Waals surface area contributed by atoms with Crippen molar-refractivity contribution in [3.8, 4) is 0 Å². The zero-order valence-corrected chi connectivity index (χ0v) is 42.4. The SMILES string of the molecule is CC(C)C(=O)COCCOCCNC(=O)COCCOCCCC(=O)CC[C@H](NC(=O)CC[C@H](CC(=O)CC[C@H](NC(=O)CCCCCCCCCCCCCCCCC(=O)O)C(=O)O)C(=O)O)C(=O)O. The topological polar surface area (TPSA) is 325 Å². The molecule has 0 spiro atoms. The van der Waals surface area contributed by atoms with Gasteiger partial charge in [-0.05, 0) is 38.5 Å². The Labute approximate surface area is 419 Å². The van der Waals surface area contributed by atoms with E-state index in [4.69, 9.17) is 24.1 Å². The number of carbonyl (C=O) groups excluding carboxylic acids is 6. The van der Waals surface area contributed by atoms with Crippen LogP contribution in [0.15, 0.2) is 0 Å². The molecule has 0 aliphatic heterocycles. The molecule has 408 valence electrons. The third-order valence-corrected chi connectivity index (χ3v) is 11.5. The van der Waals surface area contributed by atoms with Gasteiger partial charge in [-0.25, -0.2) is 9.59 Å². The third kappa shape index (κ3) is 41.5. The number of ether oxygens (including phenoxy) is 4. The number of ketones is 3. The second kappa shape index (κ2) is 43.9. The van der Waals surface area contributed by atoms with E-state index in [9.17, 15) is 63.3 Å². The molecule has 0 saturated carbocycles. The molecule has 0 aliphatic carbocycles. The number of aliphatic carboxylic acids is 4. The van der Waals surface area contributed by atoms with E-state index in [0.29, 0.717) is 12.8 Å². The van der Waals surface area contributed by atoms with Gasteiger partial charge in [-0.3, -0.25) is 38.4 Å². The van der Waals surface area contributed by atoms with Crippen molar-refractivity contribution in [1.82, 2.24) is 16.0 Å². The summed E-state index contributed by atoms with van der Waals surface area (Å²) in [6, 6.07) is -2.75. The normalized spacial score (nSPS) is 12.4. The predicted octanol–water partition coefficient (Wildman–Crippen LogP) is 5.21. The van der Waals surface area contributed by atoms with Gasteiger partial charge >= 0.3 is 23.9 Å². The molecule has 7 N–H and O–H groups in total. The van der Waals surface area contributed by atoms with Crippen LogP contribution in [0.4, 0.5) is 0 Å². The molecule has 0 fully saturated rings. The van der Waals surface area contributed by atoms with Gasteiger partial charge in [-0.15, -0.1) is 0 Å². The largest absolute Gasteiger partial charge is 0.481 e. The van der Waals surface area contributed by atoms with Gasteiger partial charge in [0.2, 0.25) is 17.7 Å². The molecule has 0 aromatic heterocycles. The van der Waals surface area contributed by atoms with Gasteiger partial charge in [0, 0.05) is 64.0 Å². The number of carbonyl (C=O) groups is 10. The number of amides is 3. The molecule has 0 bridgehead atoms. The maximum atomic E-state index is 12.7. The number of unbranched alkanes of at least 4 members (excludes halogenated alkanes) is 13. The molecule has 3 amide bonds. The fourth-order valence-corrected chi connectivity index (χ4v) is 7.09. The Kier molecular flexibility index (Phi) is 40.9. The Hall–Kier alpha value is -4.86. The first-order chi connectivity index (χ1) is 33.9. The van der Waals surface area contributed by atoms with Crippen molar-refractivity contribution in [2.24, 2.45) is 11.8 Å². The lowest BCUT2D eigenvalue weighted by molar-refractivity contribution is -0.145. The highest BCUT2D eigenvalue weighted by Gasteiger charge is 2.27. The molecule has 0 unspecified atom stereocenters. The summed E-state index contributed by atoms with van der Waals surface area (Å²) in [6.07, 6.45) is 13.0. The Balaban J connectivity index is 4.23. The lowest BCUT2D eigenvalue weighted by atomic mass is 9.94. The molecular weight excluding hydrogens is 931 g/mol. The number of carboxylic acids is 4. The van der Waals surface area contributed by atoms with Crippen LogP contribution in [0.1, 0.15) is 174 Å². The van der Waals surface area contributed by atoms with Crippen LogP contribution >= 0.6 is 0 Å². The third-order valence-electron chi connectivity index (χ3n) is 11.5. The highest BCUT2D eigenvalue weighted by molar-refractivity contribution is 5.88. The van der Waals surface area contributed by atoms with Crippen LogP contribution in [0.2, 0.25) is 0 Å². The van der Waals surface area contributed by atoms with Crippen LogP contribution in [0.25, 0.3) is 0 Å². The quantitative estimate of drug-likeness (QED) is 0.0385. The van der Waals surface area contributed by atoms with E-state index in [0.717, 1.165) is 57.8 Å². The van der Waals surface area contributed by atoms with Crippen molar-refractivity contribution in [3.63, 3.8) is 0 Å². The second-order valence-corrected chi connectivity index (χ2v) is 18.1. The summed E-state index contributed by atoms with van der Waals surface area (Å²) in [5.74, 6) is -8.59. The Morgan fingerprint density at radius 2 is 0.859 bits per heavy atom. The van der Waals surface area contributed by atoms with Crippen LogP contribution in [-0.2, 0) is 66.9 Å². The maximum Gasteiger partial charge on any atom is 0.326 e. The van der Waals surface area contributed by atoms with Gasteiger partial charge in [0.1, 0.15) is 36.9 Å². The summed E-state index contributed by atoms with van der Waals surface area (Å²) < 4.78 is 21.2. The van der Waals surface area contributed by atoms with Gasteiger partial charge in [0.05, 0.1) is 39.0 Å². The molecule has 0 rings (SSSR count). The Morgan fingerprint density at radius 1 is 0.408 bits per heavy atom. The summed E-state index contributed by atoms with van der Waals surface area (Å²) in [5.41, 5.74) is 0. The predicted molar refractivity (Wildman–Crippen MR) is 259 cm³/mol. The Morgan fingerprint density at radius 3 is 1.35 bits per heavy atom. The van der Waals surface area contributed by atoms with Crippen molar-refractivity contribution in [3.05, 3.63) is 0 Å². The molecule has 0 aliphatic rings. The first-order valence-corrected chi connectivity index (χ1v) is 25.6. The Bertz CT molecular complexity index is 1570. The first kappa shape index (κ1) is 66.1.